The maximum atomic E-state index is 11.3. The van der Waals surface area contributed by atoms with E-state index in [9.17, 15) is 9.90 Å². The Morgan fingerprint density at radius 2 is 2.12 bits per heavy atom. The second-order valence-electron chi connectivity index (χ2n) is 4.31. The molecule has 1 aromatic carbocycles. The summed E-state index contributed by atoms with van der Waals surface area (Å²) in [6.07, 6.45) is 6.66. The lowest BCUT2D eigenvalue weighted by Gasteiger charge is -2.17. The zero-order valence-corrected chi connectivity index (χ0v) is 10.7. The largest absolute Gasteiger partial charge is 0.478 e. The van der Waals surface area contributed by atoms with E-state index in [-0.39, 0.29) is 0 Å². The van der Waals surface area contributed by atoms with Crippen molar-refractivity contribution in [2.45, 2.75) is 36.6 Å². The molecular weight excluding hydrogens is 234 g/mol. The number of hydrogen-bond donors (Lipinski definition) is 2. The molecule has 1 aromatic rings. The normalized spacial score (nSPS) is 16.1. The van der Waals surface area contributed by atoms with Crippen molar-refractivity contribution in [1.29, 1.82) is 0 Å². The van der Waals surface area contributed by atoms with Gasteiger partial charge in [0.25, 0.3) is 0 Å². The molecule has 2 rings (SSSR count). The summed E-state index contributed by atoms with van der Waals surface area (Å²) in [5.41, 5.74) is 1.17. The number of nitrogens with one attached hydrogen (secondary N) is 1. The van der Waals surface area contributed by atoms with Gasteiger partial charge in [0.05, 0.1) is 11.3 Å². The molecule has 0 saturated heterocycles. The van der Waals surface area contributed by atoms with Crippen LogP contribution < -0.4 is 5.32 Å². The second kappa shape index (κ2) is 5.45. The highest BCUT2D eigenvalue weighted by atomic mass is 32.2. The Morgan fingerprint density at radius 1 is 1.41 bits per heavy atom. The fraction of sp³-hybridized carbons (Fsp3) is 0.462. The van der Waals surface area contributed by atoms with Crippen LogP contribution in [0.3, 0.4) is 0 Å². The molecule has 0 spiro atoms. The fourth-order valence-electron chi connectivity index (χ4n) is 2.33. The van der Waals surface area contributed by atoms with E-state index in [4.69, 9.17) is 0 Å². The van der Waals surface area contributed by atoms with Gasteiger partial charge >= 0.3 is 5.97 Å². The first kappa shape index (κ1) is 12.3. The molecule has 2 N–H and O–H groups in total. The molecule has 0 heterocycles. The maximum Gasteiger partial charge on any atom is 0.338 e. The number of carboxylic acid groups (broad SMARTS) is 1. The van der Waals surface area contributed by atoms with Gasteiger partial charge in [0, 0.05) is 10.9 Å². The van der Waals surface area contributed by atoms with Crippen molar-refractivity contribution < 1.29 is 9.90 Å². The Morgan fingerprint density at radius 3 is 2.71 bits per heavy atom. The Bertz CT molecular complexity index is 414. The minimum atomic E-state index is -0.851. The zero-order chi connectivity index (χ0) is 12.3. The van der Waals surface area contributed by atoms with Gasteiger partial charge in [0.15, 0.2) is 0 Å². The highest BCUT2D eigenvalue weighted by molar-refractivity contribution is 7.98. The Balaban J connectivity index is 2.28. The first-order valence-electron chi connectivity index (χ1n) is 5.89. The molecule has 92 valence electrons. The van der Waals surface area contributed by atoms with Crippen LogP contribution in [0.5, 0.6) is 0 Å². The first-order valence-corrected chi connectivity index (χ1v) is 7.11. The highest BCUT2D eigenvalue weighted by Crippen LogP contribution is 2.30. The van der Waals surface area contributed by atoms with E-state index in [0.29, 0.717) is 11.6 Å². The molecule has 0 bridgehead atoms. The molecule has 0 aromatic heterocycles. The van der Waals surface area contributed by atoms with Crippen molar-refractivity contribution in [3.8, 4) is 0 Å². The second-order valence-corrected chi connectivity index (χ2v) is 5.16. The SMILES string of the molecule is CSc1cccc(NC2CCCC2)c1C(=O)O. The smallest absolute Gasteiger partial charge is 0.338 e. The number of hydrogen-bond acceptors (Lipinski definition) is 3. The van der Waals surface area contributed by atoms with Crippen LogP contribution in [-0.4, -0.2) is 23.4 Å². The van der Waals surface area contributed by atoms with Gasteiger partial charge in [-0.2, -0.15) is 0 Å². The zero-order valence-electron chi connectivity index (χ0n) is 9.90. The van der Waals surface area contributed by atoms with Crippen molar-refractivity contribution >= 4 is 23.4 Å². The summed E-state index contributed by atoms with van der Waals surface area (Å²) in [7, 11) is 0. The summed E-state index contributed by atoms with van der Waals surface area (Å²) < 4.78 is 0. The molecule has 1 saturated carbocycles. The average molecular weight is 251 g/mol. The lowest BCUT2D eigenvalue weighted by atomic mass is 10.1. The lowest BCUT2D eigenvalue weighted by Crippen LogP contribution is -2.17. The van der Waals surface area contributed by atoms with Gasteiger partial charge in [0.2, 0.25) is 0 Å². The summed E-state index contributed by atoms with van der Waals surface area (Å²) in [4.78, 5) is 12.1. The fourth-order valence-corrected chi connectivity index (χ4v) is 2.95. The molecule has 0 atom stereocenters. The molecule has 0 aliphatic heterocycles. The van der Waals surface area contributed by atoms with Crippen LogP contribution in [0, 0.1) is 0 Å². The van der Waals surface area contributed by atoms with E-state index >= 15 is 0 Å². The Kier molecular flexibility index (Phi) is 3.94. The van der Waals surface area contributed by atoms with Crippen LogP contribution in [0.1, 0.15) is 36.0 Å². The van der Waals surface area contributed by atoms with Crippen molar-refractivity contribution in [3.05, 3.63) is 23.8 Å². The van der Waals surface area contributed by atoms with Crippen molar-refractivity contribution in [2.24, 2.45) is 0 Å². The van der Waals surface area contributed by atoms with Gasteiger partial charge in [-0.1, -0.05) is 18.9 Å². The van der Waals surface area contributed by atoms with Gasteiger partial charge in [-0.05, 0) is 31.2 Å². The van der Waals surface area contributed by atoms with Crippen molar-refractivity contribution in [1.82, 2.24) is 0 Å². The minimum Gasteiger partial charge on any atom is -0.478 e. The van der Waals surface area contributed by atoms with Gasteiger partial charge in [-0.15, -0.1) is 11.8 Å². The van der Waals surface area contributed by atoms with Gasteiger partial charge < -0.3 is 10.4 Å². The topological polar surface area (TPSA) is 49.3 Å². The molecule has 0 radical (unpaired) electrons. The standard InChI is InChI=1S/C13H17NO2S/c1-17-11-8-4-7-10(12(11)13(15)16)14-9-5-2-3-6-9/h4,7-9,14H,2-3,5-6H2,1H3,(H,15,16). The number of anilines is 1. The van der Waals surface area contributed by atoms with E-state index in [2.05, 4.69) is 5.32 Å². The summed E-state index contributed by atoms with van der Waals surface area (Å²) in [5, 5.41) is 12.7. The van der Waals surface area contributed by atoms with E-state index in [1.807, 2.05) is 24.5 Å². The van der Waals surface area contributed by atoms with Crippen molar-refractivity contribution in [2.75, 3.05) is 11.6 Å². The van der Waals surface area contributed by atoms with Gasteiger partial charge in [-0.25, -0.2) is 4.79 Å². The molecule has 4 heteroatoms. The maximum absolute atomic E-state index is 11.3. The number of benzene rings is 1. The molecule has 1 aliphatic carbocycles. The molecule has 1 fully saturated rings. The molecule has 1 aliphatic rings. The van der Waals surface area contributed by atoms with Crippen LogP contribution >= 0.6 is 11.8 Å². The third-order valence-corrected chi connectivity index (χ3v) is 3.95. The third-order valence-electron chi connectivity index (χ3n) is 3.17. The van der Waals surface area contributed by atoms with Crippen LogP contribution in [0.4, 0.5) is 5.69 Å². The molecule has 0 unspecified atom stereocenters. The summed E-state index contributed by atoms with van der Waals surface area (Å²) in [5.74, 6) is -0.851. The summed E-state index contributed by atoms with van der Waals surface area (Å²) in [6, 6.07) is 6.07. The quantitative estimate of drug-likeness (QED) is 0.805. The number of rotatable bonds is 4. The molecule has 17 heavy (non-hydrogen) atoms. The van der Waals surface area contributed by atoms with Crippen LogP contribution in [0.15, 0.2) is 23.1 Å². The Labute approximate surface area is 106 Å². The monoisotopic (exact) mass is 251 g/mol. The van der Waals surface area contributed by atoms with Crippen LogP contribution in [0.2, 0.25) is 0 Å². The number of aromatic carboxylic acids is 1. The average Bonchev–Trinajstić information content (AvgIpc) is 2.81. The van der Waals surface area contributed by atoms with Crippen LogP contribution in [-0.2, 0) is 0 Å². The number of thioether (sulfide) groups is 1. The van der Waals surface area contributed by atoms with Gasteiger partial charge in [0.1, 0.15) is 0 Å². The number of carbonyl (C=O) groups is 1. The third kappa shape index (κ3) is 2.75. The van der Waals surface area contributed by atoms with E-state index in [1.54, 1.807) is 0 Å². The summed E-state index contributed by atoms with van der Waals surface area (Å²) >= 11 is 1.47. The minimum absolute atomic E-state index is 0.409. The Hall–Kier alpha value is -1.16. The highest BCUT2D eigenvalue weighted by Gasteiger charge is 2.19. The first-order chi connectivity index (χ1) is 8.22. The number of carboxylic acids is 1. The molecule has 3 nitrogen and oxygen atoms in total. The van der Waals surface area contributed by atoms with E-state index in [1.165, 1.54) is 24.6 Å². The molecule has 0 amide bonds. The predicted octanol–water partition coefficient (Wildman–Crippen LogP) is 3.46. The summed E-state index contributed by atoms with van der Waals surface area (Å²) in [6.45, 7) is 0. The van der Waals surface area contributed by atoms with E-state index in [0.717, 1.165) is 23.4 Å². The predicted molar refractivity (Wildman–Crippen MR) is 71.1 cm³/mol. The molecular formula is C13H17NO2S. The van der Waals surface area contributed by atoms with Gasteiger partial charge in [-0.3, -0.25) is 0 Å². The van der Waals surface area contributed by atoms with Crippen LogP contribution in [0.25, 0.3) is 0 Å². The van der Waals surface area contributed by atoms with E-state index < -0.39 is 5.97 Å². The van der Waals surface area contributed by atoms with Crippen molar-refractivity contribution in [3.63, 3.8) is 0 Å². The lowest BCUT2D eigenvalue weighted by molar-refractivity contribution is 0.0694.